The summed E-state index contributed by atoms with van der Waals surface area (Å²) >= 11 is 0. The fourth-order valence-corrected chi connectivity index (χ4v) is 4.32. The zero-order valence-corrected chi connectivity index (χ0v) is 19.3. The minimum atomic E-state index is -1.13. The molecular weight excluding hydrogens is 448 g/mol. The Morgan fingerprint density at radius 2 is 1.71 bits per heavy atom. The molecule has 0 radical (unpaired) electrons. The quantitative estimate of drug-likeness (QED) is 0.486. The lowest BCUT2D eigenvalue weighted by atomic mass is 9.92. The van der Waals surface area contributed by atoms with Gasteiger partial charge in [-0.2, -0.15) is 0 Å². The molecule has 2 atom stereocenters. The number of β-amino-alcohol motifs (C(OH)–C–C–N with tert-alkyl or cyclic N) is 1. The average molecular weight is 475 g/mol. The van der Waals surface area contributed by atoms with Crippen molar-refractivity contribution in [2.75, 3.05) is 19.9 Å². The summed E-state index contributed by atoms with van der Waals surface area (Å²) in [5.41, 5.74) is 1.86. The highest BCUT2D eigenvalue weighted by Crippen LogP contribution is 2.34. The summed E-state index contributed by atoms with van der Waals surface area (Å²) in [6.07, 6.45) is -0.753. The van der Waals surface area contributed by atoms with Gasteiger partial charge in [-0.1, -0.05) is 48.5 Å². The lowest BCUT2D eigenvalue weighted by molar-refractivity contribution is -0.131. The van der Waals surface area contributed by atoms with Crippen molar-refractivity contribution in [3.05, 3.63) is 78.4 Å². The first-order chi connectivity index (χ1) is 16.9. The summed E-state index contributed by atoms with van der Waals surface area (Å²) in [7, 11) is 0. The molecule has 2 heterocycles. The molecule has 1 fully saturated rings. The second-order valence-corrected chi connectivity index (χ2v) is 8.90. The molecule has 0 aliphatic carbocycles. The molecule has 0 spiro atoms. The van der Waals surface area contributed by atoms with Gasteiger partial charge in [0.2, 0.25) is 6.79 Å². The van der Waals surface area contributed by atoms with Crippen molar-refractivity contribution in [3.8, 4) is 28.4 Å². The van der Waals surface area contributed by atoms with Crippen LogP contribution in [0.25, 0.3) is 11.1 Å². The van der Waals surface area contributed by atoms with E-state index in [1.165, 1.54) is 0 Å². The second-order valence-electron chi connectivity index (χ2n) is 8.90. The van der Waals surface area contributed by atoms with Gasteiger partial charge in [0.25, 0.3) is 5.91 Å². The highest BCUT2D eigenvalue weighted by atomic mass is 16.7. The molecule has 0 aromatic heterocycles. The molecule has 8 nitrogen and oxygen atoms in total. The van der Waals surface area contributed by atoms with Crippen LogP contribution in [0.4, 0.5) is 4.79 Å². The van der Waals surface area contributed by atoms with Crippen LogP contribution >= 0.6 is 0 Å². The third kappa shape index (κ3) is 4.79. The van der Waals surface area contributed by atoms with Crippen LogP contribution < -0.4 is 19.5 Å². The zero-order valence-electron chi connectivity index (χ0n) is 19.3. The smallest absolute Gasteiger partial charge is 0.325 e. The monoisotopic (exact) mass is 474 g/mol. The summed E-state index contributed by atoms with van der Waals surface area (Å²) in [4.78, 5) is 26.7. The molecule has 180 valence electrons. The maximum Gasteiger partial charge on any atom is 0.325 e. The molecule has 2 unspecified atom stereocenters. The Balaban J connectivity index is 1.17. The van der Waals surface area contributed by atoms with E-state index < -0.39 is 23.6 Å². The molecule has 3 aromatic carbocycles. The van der Waals surface area contributed by atoms with Crippen LogP contribution in [-0.2, 0) is 11.2 Å². The summed E-state index contributed by atoms with van der Waals surface area (Å²) in [5, 5.41) is 13.2. The van der Waals surface area contributed by atoms with Crippen LogP contribution in [0.15, 0.2) is 72.8 Å². The minimum Gasteiger partial charge on any atom is -0.491 e. The van der Waals surface area contributed by atoms with Crippen molar-refractivity contribution in [1.82, 2.24) is 10.2 Å². The number of urea groups is 1. The number of nitrogens with one attached hydrogen (secondary N) is 1. The number of amides is 3. The van der Waals surface area contributed by atoms with E-state index in [4.69, 9.17) is 14.2 Å². The third-order valence-corrected chi connectivity index (χ3v) is 6.14. The number of imide groups is 1. The number of rotatable bonds is 8. The minimum absolute atomic E-state index is 0.0549. The molecule has 2 aliphatic rings. The van der Waals surface area contributed by atoms with Crippen LogP contribution in [-0.4, -0.2) is 53.5 Å². The first-order valence-corrected chi connectivity index (χ1v) is 11.4. The van der Waals surface area contributed by atoms with E-state index in [0.29, 0.717) is 17.2 Å². The van der Waals surface area contributed by atoms with Crippen molar-refractivity contribution in [3.63, 3.8) is 0 Å². The predicted octanol–water partition coefficient (Wildman–Crippen LogP) is 3.38. The number of nitrogens with zero attached hydrogens (tertiary/aromatic N) is 1. The molecule has 3 amide bonds. The fourth-order valence-electron chi connectivity index (χ4n) is 4.32. The summed E-state index contributed by atoms with van der Waals surface area (Å²) in [5.74, 6) is 1.46. The Kier molecular flexibility index (Phi) is 6.05. The van der Waals surface area contributed by atoms with Gasteiger partial charge >= 0.3 is 6.03 Å². The Morgan fingerprint density at radius 1 is 1.00 bits per heavy atom. The predicted molar refractivity (Wildman–Crippen MR) is 128 cm³/mol. The van der Waals surface area contributed by atoms with Gasteiger partial charge in [-0.3, -0.25) is 9.69 Å². The molecule has 35 heavy (non-hydrogen) atoms. The van der Waals surface area contributed by atoms with Gasteiger partial charge in [-0.25, -0.2) is 4.79 Å². The van der Waals surface area contributed by atoms with E-state index in [1.807, 2.05) is 60.7 Å². The Bertz CT molecular complexity index is 1230. The fraction of sp³-hybridized carbons (Fsp3) is 0.259. The summed E-state index contributed by atoms with van der Waals surface area (Å²) in [6.45, 7) is 1.62. The maximum atomic E-state index is 13.1. The van der Waals surface area contributed by atoms with E-state index in [-0.39, 0.29) is 26.4 Å². The highest BCUT2D eigenvalue weighted by molar-refractivity contribution is 6.07. The normalized spacial score (nSPS) is 19.5. The van der Waals surface area contributed by atoms with Crippen LogP contribution in [0.3, 0.4) is 0 Å². The molecule has 5 rings (SSSR count). The Labute approximate surface area is 203 Å². The number of hydrogen-bond acceptors (Lipinski definition) is 6. The molecule has 2 aliphatic heterocycles. The number of benzene rings is 3. The summed E-state index contributed by atoms with van der Waals surface area (Å²) < 4.78 is 16.4. The lowest BCUT2D eigenvalue weighted by Crippen LogP contribution is -2.46. The maximum absolute atomic E-state index is 13.1. The largest absolute Gasteiger partial charge is 0.491 e. The van der Waals surface area contributed by atoms with Crippen LogP contribution in [0.5, 0.6) is 17.2 Å². The molecule has 0 saturated carbocycles. The summed E-state index contributed by atoms with van der Waals surface area (Å²) in [6, 6.07) is 22.4. The average Bonchev–Trinajstić information content (AvgIpc) is 3.41. The molecule has 8 heteroatoms. The van der Waals surface area contributed by atoms with Gasteiger partial charge < -0.3 is 24.6 Å². The Hall–Kier alpha value is -4.04. The van der Waals surface area contributed by atoms with E-state index in [0.717, 1.165) is 21.6 Å². The first-order valence-electron chi connectivity index (χ1n) is 11.4. The van der Waals surface area contributed by atoms with E-state index >= 15 is 0 Å². The van der Waals surface area contributed by atoms with Gasteiger partial charge in [0.1, 0.15) is 24.0 Å². The van der Waals surface area contributed by atoms with Crippen molar-refractivity contribution in [1.29, 1.82) is 0 Å². The topological polar surface area (TPSA) is 97.3 Å². The van der Waals surface area contributed by atoms with Gasteiger partial charge in [0, 0.05) is 6.42 Å². The van der Waals surface area contributed by atoms with E-state index in [9.17, 15) is 14.7 Å². The van der Waals surface area contributed by atoms with Crippen molar-refractivity contribution >= 4 is 11.9 Å². The number of aliphatic hydroxyl groups is 1. The van der Waals surface area contributed by atoms with Gasteiger partial charge in [-0.05, 0) is 47.9 Å². The highest BCUT2D eigenvalue weighted by Gasteiger charge is 2.48. The number of carbonyl (C=O) groups excluding carboxylic acids is 2. The van der Waals surface area contributed by atoms with Gasteiger partial charge in [0.15, 0.2) is 11.5 Å². The molecular formula is C27H26N2O6. The van der Waals surface area contributed by atoms with Crippen molar-refractivity contribution in [2.45, 2.75) is 25.0 Å². The zero-order chi connectivity index (χ0) is 24.4. The van der Waals surface area contributed by atoms with Gasteiger partial charge in [-0.15, -0.1) is 0 Å². The van der Waals surface area contributed by atoms with Gasteiger partial charge in [0.05, 0.1) is 6.54 Å². The number of aliphatic hydroxyl groups excluding tert-OH is 1. The molecule has 0 bridgehead atoms. The SMILES string of the molecule is CC1(Cc2ccc3c(c2)OCO3)NC(=O)N(CC(O)COc2ccc(-c3ccccc3)cc2)C1=O. The lowest BCUT2D eigenvalue weighted by Gasteiger charge is -2.23. The number of hydrogen-bond donors (Lipinski definition) is 2. The number of carbonyl (C=O) groups is 2. The van der Waals surface area contributed by atoms with Crippen LogP contribution in [0.2, 0.25) is 0 Å². The van der Waals surface area contributed by atoms with E-state index in [1.54, 1.807) is 19.1 Å². The molecule has 1 saturated heterocycles. The van der Waals surface area contributed by atoms with Crippen LogP contribution in [0.1, 0.15) is 12.5 Å². The third-order valence-electron chi connectivity index (χ3n) is 6.14. The standard InChI is InChI=1S/C27H26N2O6/c1-27(14-18-7-12-23-24(13-18)35-17-34-23)25(31)29(26(32)28-27)15-21(30)16-33-22-10-8-20(9-11-22)19-5-3-2-4-6-19/h2-13,21,30H,14-17H2,1H3,(H,28,32). The van der Waals surface area contributed by atoms with Crippen LogP contribution in [0, 0.1) is 0 Å². The second kappa shape index (κ2) is 9.31. The van der Waals surface area contributed by atoms with E-state index in [2.05, 4.69) is 5.32 Å². The van der Waals surface area contributed by atoms with Crippen molar-refractivity contribution in [2.24, 2.45) is 0 Å². The number of ether oxygens (including phenoxy) is 3. The Morgan fingerprint density at radius 3 is 2.49 bits per heavy atom. The molecule has 3 aromatic rings. The number of fused-ring (bicyclic) bond motifs is 1. The first kappa shape index (κ1) is 22.7. The molecule has 2 N–H and O–H groups in total. The van der Waals surface area contributed by atoms with Crippen molar-refractivity contribution < 1.29 is 28.9 Å².